The minimum absolute atomic E-state index is 0.0502. The van der Waals surface area contributed by atoms with Gasteiger partial charge < -0.3 is 15.4 Å². The van der Waals surface area contributed by atoms with Crippen molar-refractivity contribution in [2.24, 2.45) is 0 Å². The molecule has 2 aromatic rings. The molecular weight excluding hydrogens is 276 g/mol. The molecule has 4 heteroatoms. The van der Waals surface area contributed by atoms with Crippen LogP contribution in [-0.4, -0.2) is 12.1 Å². The summed E-state index contributed by atoms with van der Waals surface area (Å²) in [5, 5.41) is 5.76. The molecule has 0 heterocycles. The maximum atomic E-state index is 12.2. The summed E-state index contributed by atoms with van der Waals surface area (Å²) in [7, 11) is 0. The summed E-state index contributed by atoms with van der Waals surface area (Å²) < 4.78 is 5.69. The SMILES string of the molecule is CC(C)Oc1ccccc1NC(=O)N[C@H](C)c1ccccc1. The predicted octanol–water partition coefficient (Wildman–Crippen LogP) is 4.36. The number of ether oxygens (including phenoxy) is 1. The van der Waals surface area contributed by atoms with E-state index in [9.17, 15) is 4.79 Å². The zero-order valence-corrected chi connectivity index (χ0v) is 13.2. The molecule has 0 aliphatic heterocycles. The van der Waals surface area contributed by atoms with E-state index < -0.39 is 0 Å². The molecule has 2 aromatic carbocycles. The van der Waals surface area contributed by atoms with Crippen molar-refractivity contribution >= 4 is 11.7 Å². The Labute approximate surface area is 131 Å². The molecule has 1 atom stereocenters. The molecule has 0 radical (unpaired) electrons. The van der Waals surface area contributed by atoms with Crippen LogP contribution in [0.5, 0.6) is 5.75 Å². The maximum Gasteiger partial charge on any atom is 0.319 e. The van der Waals surface area contributed by atoms with Crippen molar-refractivity contribution < 1.29 is 9.53 Å². The number of benzene rings is 2. The molecule has 0 saturated carbocycles. The van der Waals surface area contributed by atoms with Crippen LogP contribution in [0.15, 0.2) is 54.6 Å². The van der Waals surface area contributed by atoms with Gasteiger partial charge in [-0.3, -0.25) is 0 Å². The second-order valence-electron chi connectivity index (χ2n) is 5.39. The number of carbonyl (C=O) groups is 1. The fourth-order valence-corrected chi connectivity index (χ4v) is 2.11. The molecule has 0 saturated heterocycles. The van der Waals surface area contributed by atoms with Gasteiger partial charge in [0, 0.05) is 0 Å². The van der Waals surface area contributed by atoms with Crippen LogP contribution in [0.1, 0.15) is 32.4 Å². The third kappa shape index (κ3) is 4.52. The van der Waals surface area contributed by atoms with Crippen LogP contribution in [0.2, 0.25) is 0 Å². The highest BCUT2D eigenvalue weighted by molar-refractivity contribution is 5.91. The van der Waals surface area contributed by atoms with Gasteiger partial charge in [0.1, 0.15) is 5.75 Å². The number of nitrogens with one attached hydrogen (secondary N) is 2. The summed E-state index contributed by atoms with van der Waals surface area (Å²) in [5.41, 5.74) is 1.72. The first kappa shape index (κ1) is 15.9. The average Bonchev–Trinajstić information content (AvgIpc) is 2.49. The van der Waals surface area contributed by atoms with Crippen molar-refractivity contribution in [3.8, 4) is 5.75 Å². The second kappa shape index (κ2) is 7.50. The Morgan fingerprint density at radius 2 is 1.59 bits per heavy atom. The van der Waals surface area contributed by atoms with Gasteiger partial charge >= 0.3 is 6.03 Å². The van der Waals surface area contributed by atoms with E-state index >= 15 is 0 Å². The van der Waals surface area contributed by atoms with Crippen molar-refractivity contribution in [2.75, 3.05) is 5.32 Å². The van der Waals surface area contributed by atoms with E-state index in [-0.39, 0.29) is 18.2 Å². The zero-order valence-electron chi connectivity index (χ0n) is 13.2. The van der Waals surface area contributed by atoms with E-state index in [0.717, 1.165) is 5.56 Å². The van der Waals surface area contributed by atoms with Gasteiger partial charge in [-0.2, -0.15) is 0 Å². The molecule has 0 aliphatic carbocycles. The van der Waals surface area contributed by atoms with E-state index in [2.05, 4.69) is 10.6 Å². The fraction of sp³-hybridized carbons (Fsp3) is 0.278. The molecule has 0 unspecified atom stereocenters. The largest absolute Gasteiger partial charge is 0.489 e. The van der Waals surface area contributed by atoms with E-state index in [1.54, 1.807) is 0 Å². The Morgan fingerprint density at radius 1 is 0.955 bits per heavy atom. The number of carbonyl (C=O) groups excluding carboxylic acids is 1. The molecule has 0 aliphatic rings. The number of hydrogen-bond donors (Lipinski definition) is 2. The Morgan fingerprint density at radius 3 is 2.27 bits per heavy atom. The molecule has 2 rings (SSSR count). The Hall–Kier alpha value is -2.49. The molecule has 116 valence electrons. The van der Waals surface area contributed by atoms with E-state index in [1.165, 1.54) is 0 Å². The highest BCUT2D eigenvalue weighted by atomic mass is 16.5. The van der Waals surface area contributed by atoms with Gasteiger partial charge in [0.25, 0.3) is 0 Å². The van der Waals surface area contributed by atoms with Crippen molar-refractivity contribution in [1.29, 1.82) is 0 Å². The quantitative estimate of drug-likeness (QED) is 0.862. The van der Waals surface area contributed by atoms with E-state index in [1.807, 2.05) is 75.4 Å². The van der Waals surface area contributed by atoms with Crippen LogP contribution in [0.4, 0.5) is 10.5 Å². The highest BCUT2D eigenvalue weighted by Crippen LogP contribution is 2.25. The minimum Gasteiger partial charge on any atom is -0.489 e. The first-order valence-electron chi connectivity index (χ1n) is 7.44. The lowest BCUT2D eigenvalue weighted by Gasteiger charge is -2.17. The lowest BCUT2D eigenvalue weighted by atomic mass is 10.1. The summed E-state index contributed by atoms with van der Waals surface area (Å²) >= 11 is 0. The van der Waals surface area contributed by atoms with Gasteiger partial charge in [-0.05, 0) is 38.5 Å². The van der Waals surface area contributed by atoms with Crippen molar-refractivity contribution in [3.05, 3.63) is 60.2 Å². The molecule has 0 bridgehead atoms. The van der Waals surface area contributed by atoms with Crippen LogP contribution < -0.4 is 15.4 Å². The number of hydrogen-bond acceptors (Lipinski definition) is 2. The second-order valence-corrected chi connectivity index (χ2v) is 5.39. The Bertz CT molecular complexity index is 611. The van der Waals surface area contributed by atoms with E-state index in [4.69, 9.17) is 4.74 Å². The topological polar surface area (TPSA) is 50.4 Å². The summed E-state index contributed by atoms with van der Waals surface area (Å²) in [6.07, 6.45) is 0.0502. The molecule has 22 heavy (non-hydrogen) atoms. The van der Waals surface area contributed by atoms with Crippen LogP contribution in [0, 0.1) is 0 Å². The molecule has 2 amide bonds. The molecule has 2 N–H and O–H groups in total. The monoisotopic (exact) mass is 298 g/mol. The normalized spacial score (nSPS) is 11.8. The molecule has 0 aromatic heterocycles. The smallest absolute Gasteiger partial charge is 0.319 e. The van der Waals surface area contributed by atoms with Gasteiger partial charge in [0.2, 0.25) is 0 Å². The molecule has 0 fully saturated rings. The summed E-state index contributed by atoms with van der Waals surface area (Å²) in [6, 6.07) is 16.9. The average molecular weight is 298 g/mol. The molecule has 4 nitrogen and oxygen atoms in total. The predicted molar refractivity (Wildman–Crippen MR) is 89.2 cm³/mol. The van der Waals surface area contributed by atoms with Gasteiger partial charge in [0.05, 0.1) is 17.8 Å². The van der Waals surface area contributed by atoms with Gasteiger partial charge in [-0.25, -0.2) is 4.79 Å². The zero-order chi connectivity index (χ0) is 15.9. The Balaban J connectivity index is 2.00. The minimum atomic E-state index is -0.254. The maximum absolute atomic E-state index is 12.2. The van der Waals surface area contributed by atoms with Gasteiger partial charge in [-0.1, -0.05) is 42.5 Å². The Kier molecular flexibility index (Phi) is 5.42. The van der Waals surface area contributed by atoms with Crippen molar-refractivity contribution in [1.82, 2.24) is 5.32 Å². The molecule has 0 spiro atoms. The standard InChI is InChI=1S/C18H22N2O2/c1-13(2)22-17-12-8-7-11-16(17)20-18(21)19-14(3)15-9-5-4-6-10-15/h4-14H,1-3H3,(H2,19,20,21)/t14-/m1/s1. The van der Waals surface area contributed by atoms with Crippen LogP contribution in [0.25, 0.3) is 0 Å². The highest BCUT2D eigenvalue weighted by Gasteiger charge is 2.11. The first-order valence-corrected chi connectivity index (χ1v) is 7.44. The first-order chi connectivity index (χ1) is 10.6. The summed E-state index contributed by atoms with van der Waals surface area (Å²) in [6.45, 7) is 5.86. The summed E-state index contributed by atoms with van der Waals surface area (Å²) in [4.78, 5) is 12.2. The number of anilines is 1. The number of para-hydroxylation sites is 2. The third-order valence-corrected chi connectivity index (χ3v) is 3.15. The van der Waals surface area contributed by atoms with Gasteiger partial charge in [0.15, 0.2) is 0 Å². The number of rotatable bonds is 5. The number of amides is 2. The number of urea groups is 1. The fourth-order valence-electron chi connectivity index (χ4n) is 2.11. The lowest BCUT2D eigenvalue weighted by molar-refractivity contribution is 0.241. The summed E-state index contributed by atoms with van der Waals surface area (Å²) in [5.74, 6) is 0.667. The van der Waals surface area contributed by atoms with E-state index in [0.29, 0.717) is 11.4 Å². The third-order valence-electron chi connectivity index (χ3n) is 3.15. The molecular formula is C18H22N2O2. The van der Waals surface area contributed by atoms with Crippen molar-refractivity contribution in [2.45, 2.75) is 32.9 Å². The van der Waals surface area contributed by atoms with Crippen LogP contribution >= 0.6 is 0 Å². The van der Waals surface area contributed by atoms with Crippen LogP contribution in [-0.2, 0) is 0 Å². The van der Waals surface area contributed by atoms with Gasteiger partial charge in [-0.15, -0.1) is 0 Å². The van der Waals surface area contributed by atoms with Crippen LogP contribution in [0.3, 0.4) is 0 Å². The lowest BCUT2D eigenvalue weighted by Crippen LogP contribution is -2.31. The van der Waals surface area contributed by atoms with Crippen molar-refractivity contribution in [3.63, 3.8) is 0 Å².